The van der Waals surface area contributed by atoms with Crippen LogP contribution in [-0.2, 0) is 12.7 Å². The molecule has 0 bridgehead atoms. The van der Waals surface area contributed by atoms with Gasteiger partial charge in [0.1, 0.15) is 5.75 Å². The zero-order chi connectivity index (χ0) is 19.3. The van der Waals surface area contributed by atoms with Gasteiger partial charge >= 0.3 is 18.8 Å². The lowest BCUT2D eigenvalue weighted by molar-refractivity contribution is -0.137. The summed E-state index contributed by atoms with van der Waals surface area (Å²) < 4.78 is 66.4. The molecular weight excluding hydrogens is 383 g/mol. The molecule has 2 rings (SSSR count). The van der Waals surface area contributed by atoms with Crippen LogP contribution in [-0.4, -0.2) is 12.6 Å². The lowest BCUT2D eigenvalue weighted by Gasteiger charge is -2.12. The van der Waals surface area contributed by atoms with Crippen LogP contribution in [0.2, 0.25) is 5.02 Å². The molecule has 2 N–H and O–H groups in total. The minimum atomic E-state index is -4.57. The summed E-state index contributed by atoms with van der Waals surface area (Å²) in [7, 11) is 0. The summed E-state index contributed by atoms with van der Waals surface area (Å²) in [5, 5.41) is 4.58. The normalized spacial score (nSPS) is 11.3. The van der Waals surface area contributed by atoms with Crippen molar-refractivity contribution in [3.05, 3.63) is 58.6 Å². The zero-order valence-corrected chi connectivity index (χ0v) is 13.7. The van der Waals surface area contributed by atoms with Crippen LogP contribution in [0.3, 0.4) is 0 Å². The van der Waals surface area contributed by atoms with Gasteiger partial charge in [-0.1, -0.05) is 23.7 Å². The van der Waals surface area contributed by atoms with E-state index in [4.69, 9.17) is 11.6 Å². The Hall–Kier alpha value is -2.55. The fraction of sp³-hybridized carbons (Fsp3) is 0.188. The minimum absolute atomic E-state index is 0.0113. The van der Waals surface area contributed by atoms with Crippen LogP contribution in [0.4, 0.5) is 32.4 Å². The molecule has 0 unspecified atom stereocenters. The number of amides is 2. The molecular formula is C16H12ClF5N2O2. The standard InChI is InChI=1S/C16H12ClF5N2O2/c17-12-6-3-10(16(20,21)22)7-13(12)24-15(25)23-8-9-1-4-11(5-2-9)26-14(18)19/h1-7,14H,8H2,(H2,23,24,25). The van der Waals surface area contributed by atoms with Crippen molar-refractivity contribution in [2.24, 2.45) is 0 Å². The molecule has 2 aromatic rings. The van der Waals surface area contributed by atoms with Crippen molar-refractivity contribution < 1.29 is 31.5 Å². The van der Waals surface area contributed by atoms with Gasteiger partial charge in [-0.2, -0.15) is 22.0 Å². The molecule has 26 heavy (non-hydrogen) atoms. The van der Waals surface area contributed by atoms with Crippen molar-refractivity contribution in [3.63, 3.8) is 0 Å². The quantitative estimate of drug-likeness (QED) is 0.678. The highest BCUT2D eigenvalue weighted by molar-refractivity contribution is 6.33. The number of nitrogens with one attached hydrogen (secondary N) is 2. The maximum atomic E-state index is 12.7. The van der Waals surface area contributed by atoms with E-state index in [1.54, 1.807) is 0 Å². The number of alkyl halides is 5. The fourth-order valence-corrected chi connectivity index (χ4v) is 2.10. The molecule has 10 heteroatoms. The second-order valence-electron chi connectivity index (χ2n) is 5.02. The molecule has 0 radical (unpaired) electrons. The van der Waals surface area contributed by atoms with E-state index in [1.165, 1.54) is 24.3 Å². The van der Waals surface area contributed by atoms with Crippen molar-refractivity contribution in [1.82, 2.24) is 5.32 Å². The van der Waals surface area contributed by atoms with E-state index in [0.29, 0.717) is 5.56 Å². The molecule has 4 nitrogen and oxygen atoms in total. The molecule has 140 valence electrons. The van der Waals surface area contributed by atoms with Crippen molar-refractivity contribution in [2.45, 2.75) is 19.3 Å². The maximum Gasteiger partial charge on any atom is 0.416 e. The highest BCUT2D eigenvalue weighted by Gasteiger charge is 2.31. The van der Waals surface area contributed by atoms with Gasteiger partial charge in [-0.3, -0.25) is 0 Å². The maximum absolute atomic E-state index is 12.7. The number of carbonyl (C=O) groups excluding carboxylic acids is 1. The highest BCUT2D eigenvalue weighted by Crippen LogP contribution is 2.33. The first-order chi connectivity index (χ1) is 12.1. The number of hydrogen-bond donors (Lipinski definition) is 2. The number of halogens is 6. The molecule has 0 atom stereocenters. The molecule has 0 aliphatic heterocycles. The fourth-order valence-electron chi connectivity index (χ4n) is 1.93. The van der Waals surface area contributed by atoms with Gasteiger partial charge in [0.25, 0.3) is 0 Å². The third-order valence-electron chi connectivity index (χ3n) is 3.14. The Labute approximate surface area is 149 Å². The van der Waals surface area contributed by atoms with Crippen LogP contribution in [0.25, 0.3) is 0 Å². The van der Waals surface area contributed by atoms with Gasteiger partial charge in [0, 0.05) is 6.54 Å². The van der Waals surface area contributed by atoms with Crippen LogP contribution < -0.4 is 15.4 Å². The van der Waals surface area contributed by atoms with Crippen molar-refractivity contribution in [3.8, 4) is 5.75 Å². The van der Waals surface area contributed by atoms with E-state index in [2.05, 4.69) is 15.4 Å². The monoisotopic (exact) mass is 394 g/mol. The van der Waals surface area contributed by atoms with Crippen molar-refractivity contribution >= 4 is 23.3 Å². The molecule has 0 fully saturated rings. The van der Waals surface area contributed by atoms with E-state index in [-0.39, 0.29) is 23.0 Å². The van der Waals surface area contributed by atoms with Crippen LogP contribution in [0, 0.1) is 0 Å². The number of urea groups is 1. The summed E-state index contributed by atoms with van der Waals surface area (Å²) in [6.45, 7) is -2.93. The molecule has 0 aliphatic rings. The lowest BCUT2D eigenvalue weighted by atomic mass is 10.2. The molecule has 2 amide bonds. The smallest absolute Gasteiger partial charge is 0.416 e. The second-order valence-corrected chi connectivity index (χ2v) is 5.43. The molecule has 2 aromatic carbocycles. The summed E-state index contributed by atoms with van der Waals surface area (Å²) >= 11 is 5.78. The summed E-state index contributed by atoms with van der Waals surface area (Å²) in [5.74, 6) is -0.0380. The second kappa shape index (κ2) is 8.22. The van der Waals surface area contributed by atoms with Gasteiger partial charge in [0.05, 0.1) is 16.3 Å². The molecule has 0 heterocycles. The molecule has 0 saturated heterocycles. The predicted octanol–water partition coefficient (Wildman–Crippen LogP) is 5.28. The molecule has 0 spiro atoms. The average Bonchev–Trinajstić information content (AvgIpc) is 2.54. The topological polar surface area (TPSA) is 50.4 Å². The van der Waals surface area contributed by atoms with E-state index < -0.39 is 24.4 Å². The Morgan fingerprint density at radius 1 is 1.12 bits per heavy atom. The Kier molecular flexibility index (Phi) is 6.25. The van der Waals surface area contributed by atoms with E-state index >= 15 is 0 Å². The Bertz CT molecular complexity index is 766. The Morgan fingerprint density at radius 3 is 2.35 bits per heavy atom. The van der Waals surface area contributed by atoms with Crippen LogP contribution in [0.5, 0.6) is 5.75 Å². The Morgan fingerprint density at radius 2 is 1.77 bits per heavy atom. The minimum Gasteiger partial charge on any atom is -0.435 e. The van der Waals surface area contributed by atoms with Crippen LogP contribution >= 0.6 is 11.6 Å². The summed E-state index contributed by atoms with van der Waals surface area (Å²) in [6, 6.07) is 7.27. The molecule has 0 aromatic heterocycles. The predicted molar refractivity (Wildman–Crippen MR) is 85.4 cm³/mol. The first kappa shape index (κ1) is 19.8. The van der Waals surface area contributed by atoms with Gasteiger partial charge in [-0.15, -0.1) is 0 Å². The zero-order valence-electron chi connectivity index (χ0n) is 12.9. The van der Waals surface area contributed by atoms with Crippen LogP contribution in [0.15, 0.2) is 42.5 Å². The van der Waals surface area contributed by atoms with Gasteiger partial charge in [0.15, 0.2) is 0 Å². The number of rotatable bonds is 5. The summed E-state index contributed by atoms with van der Waals surface area (Å²) in [4.78, 5) is 11.8. The van der Waals surface area contributed by atoms with E-state index in [9.17, 15) is 26.7 Å². The Balaban J connectivity index is 1.95. The van der Waals surface area contributed by atoms with Gasteiger partial charge in [-0.25, -0.2) is 4.79 Å². The number of benzene rings is 2. The highest BCUT2D eigenvalue weighted by atomic mass is 35.5. The third kappa shape index (κ3) is 5.76. The van der Waals surface area contributed by atoms with Crippen molar-refractivity contribution in [2.75, 3.05) is 5.32 Å². The van der Waals surface area contributed by atoms with Crippen LogP contribution in [0.1, 0.15) is 11.1 Å². The number of ether oxygens (including phenoxy) is 1. The largest absolute Gasteiger partial charge is 0.435 e. The molecule has 0 saturated carbocycles. The van der Waals surface area contributed by atoms with Gasteiger partial charge < -0.3 is 15.4 Å². The first-order valence-electron chi connectivity index (χ1n) is 7.10. The first-order valence-corrected chi connectivity index (χ1v) is 7.48. The van der Waals surface area contributed by atoms with E-state index in [0.717, 1.165) is 18.2 Å². The van der Waals surface area contributed by atoms with Gasteiger partial charge in [-0.05, 0) is 35.9 Å². The molecule has 0 aliphatic carbocycles. The number of anilines is 1. The SMILES string of the molecule is O=C(NCc1ccc(OC(F)F)cc1)Nc1cc(C(F)(F)F)ccc1Cl. The summed E-state index contributed by atoms with van der Waals surface area (Å²) in [5.41, 5.74) is -0.580. The average molecular weight is 395 g/mol. The third-order valence-corrected chi connectivity index (χ3v) is 3.47. The summed E-state index contributed by atoms with van der Waals surface area (Å²) in [6.07, 6.45) is -4.57. The lowest BCUT2D eigenvalue weighted by Crippen LogP contribution is -2.28. The number of hydrogen-bond acceptors (Lipinski definition) is 2. The van der Waals surface area contributed by atoms with E-state index in [1.807, 2.05) is 0 Å². The number of carbonyl (C=O) groups is 1. The van der Waals surface area contributed by atoms with Gasteiger partial charge in [0.2, 0.25) is 0 Å². The van der Waals surface area contributed by atoms with Crippen molar-refractivity contribution in [1.29, 1.82) is 0 Å².